The maximum atomic E-state index is 12.2. The molecule has 60 valence electrons. The summed E-state index contributed by atoms with van der Waals surface area (Å²) in [7, 11) is 0. The fraction of sp³-hybridized carbons (Fsp3) is 1.00. The van der Waals surface area contributed by atoms with Gasteiger partial charge in [0.25, 0.3) is 5.92 Å². The Kier molecular flexibility index (Phi) is 2.20. The number of alkyl halides is 2. The lowest BCUT2D eigenvalue weighted by molar-refractivity contribution is -0.0906. The fourth-order valence-corrected chi connectivity index (χ4v) is 1.97. The smallest absolute Gasteiger partial charge is 0.238 e. The van der Waals surface area contributed by atoms with E-state index in [0.717, 1.165) is 0 Å². The van der Waals surface area contributed by atoms with Crippen LogP contribution in [0.3, 0.4) is 0 Å². The molecule has 0 aromatic carbocycles. The Hall–Kier alpha value is 0.170. The Morgan fingerprint density at radius 3 is 2.20 bits per heavy atom. The Bertz CT molecular complexity index is 116. The summed E-state index contributed by atoms with van der Waals surface area (Å²) in [6.07, 6.45) is 0. The Morgan fingerprint density at radius 1 is 1.40 bits per heavy atom. The van der Waals surface area contributed by atoms with Gasteiger partial charge in [-0.15, -0.1) is 0 Å². The van der Waals surface area contributed by atoms with Crippen LogP contribution in [0.15, 0.2) is 0 Å². The molecule has 0 N–H and O–H groups in total. The molecule has 1 fully saturated rings. The van der Waals surface area contributed by atoms with Gasteiger partial charge in [0.15, 0.2) is 0 Å². The molecule has 0 spiro atoms. The van der Waals surface area contributed by atoms with Gasteiger partial charge in [0.2, 0.25) is 0 Å². The second kappa shape index (κ2) is 2.66. The molecule has 0 aliphatic carbocycles. The van der Waals surface area contributed by atoms with E-state index in [1.165, 1.54) is 11.9 Å². The van der Waals surface area contributed by atoms with Gasteiger partial charge >= 0.3 is 0 Å². The molecular weight excluding hydrogens is 156 g/mol. The third-order valence-electron chi connectivity index (χ3n) is 1.18. The molecule has 1 aliphatic heterocycles. The number of rotatable bonds is 2. The van der Waals surface area contributed by atoms with E-state index in [0.29, 0.717) is 5.25 Å². The van der Waals surface area contributed by atoms with Gasteiger partial charge in [-0.3, -0.25) is 0 Å². The van der Waals surface area contributed by atoms with Crippen LogP contribution in [0.4, 0.5) is 8.78 Å². The molecule has 0 amide bonds. The summed E-state index contributed by atoms with van der Waals surface area (Å²) in [6.45, 7) is 3.86. The van der Waals surface area contributed by atoms with Gasteiger partial charge in [0, 0.05) is 5.25 Å². The molecular formula is C6H11F2NS. The largest absolute Gasteiger partial charge is 0.274 e. The van der Waals surface area contributed by atoms with E-state index in [2.05, 4.69) is 0 Å². The first kappa shape index (κ1) is 8.27. The lowest BCUT2D eigenvalue weighted by atomic mass is 10.2. The average Bonchev–Trinajstić information content (AvgIpc) is 1.57. The van der Waals surface area contributed by atoms with E-state index in [-0.39, 0.29) is 13.1 Å². The predicted octanol–water partition coefficient (Wildman–Crippen LogP) is 1.99. The van der Waals surface area contributed by atoms with Crippen molar-refractivity contribution < 1.29 is 8.78 Å². The van der Waals surface area contributed by atoms with Gasteiger partial charge in [0.05, 0.1) is 13.1 Å². The number of hydrogen-bond donors (Lipinski definition) is 0. The molecule has 1 nitrogen and oxygen atoms in total. The summed E-state index contributed by atoms with van der Waals surface area (Å²) < 4.78 is 26.1. The predicted molar refractivity (Wildman–Crippen MR) is 39.2 cm³/mol. The molecule has 0 aromatic heterocycles. The van der Waals surface area contributed by atoms with Gasteiger partial charge < -0.3 is 0 Å². The summed E-state index contributed by atoms with van der Waals surface area (Å²) in [5.41, 5.74) is 0. The van der Waals surface area contributed by atoms with Crippen molar-refractivity contribution in [2.45, 2.75) is 25.0 Å². The summed E-state index contributed by atoms with van der Waals surface area (Å²) in [4.78, 5) is 0. The second-order valence-corrected chi connectivity index (χ2v) is 4.48. The van der Waals surface area contributed by atoms with E-state index in [9.17, 15) is 8.78 Å². The molecule has 0 unspecified atom stereocenters. The molecule has 1 saturated heterocycles. The normalized spacial score (nSPS) is 24.9. The summed E-state index contributed by atoms with van der Waals surface area (Å²) >= 11 is 1.50. The SMILES string of the molecule is CC(C)SN1CC(F)(F)C1. The lowest BCUT2D eigenvalue weighted by Crippen LogP contribution is -2.52. The quantitative estimate of drug-likeness (QED) is 0.579. The molecule has 1 rings (SSSR count). The monoisotopic (exact) mass is 167 g/mol. The lowest BCUT2D eigenvalue weighted by Gasteiger charge is -2.38. The summed E-state index contributed by atoms with van der Waals surface area (Å²) in [5, 5.41) is 0.413. The third-order valence-corrected chi connectivity index (χ3v) is 2.15. The van der Waals surface area contributed by atoms with Gasteiger partial charge in [-0.2, -0.15) is 0 Å². The van der Waals surface area contributed by atoms with Crippen LogP contribution in [0.25, 0.3) is 0 Å². The molecule has 0 bridgehead atoms. The van der Waals surface area contributed by atoms with Gasteiger partial charge in [-0.05, 0) is 0 Å². The first-order valence-corrected chi connectivity index (χ1v) is 4.13. The summed E-state index contributed by atoms with van der Waals surface area (Å²) in [6, 6.07) is 0. The van der Waals surface area contributed by atoms with E-state index < -0.39 is 5.92 Å². The molecule has 0 radical (unpaired) electrons. The second-order valence-electron chi connectivity index (χ2n) is 2.81. The standard InChI is InChI=1S/C6H11F2NS/c1-5(2)10-9-3-6(7,8)4-9/h5H,3-4H2,1-2H3. The van der Waals surface area contributed by atoms with Crippen LogP contribution >= 0.6 is 11.9 Å². The Labute approximate surface area is 63.9 Å². The van der Waals surface area contributed by atoms with Crippen LogP contribution in [-0.2, 0) is 0 Å². The first-order valence-electron chi connectivity index (χ1n) is 3.29. The molecule has 0 atom stereocenters. The minimum absolute atomic E-state index is 0.0736. The van der Waals surface area contributed by atoms with Crippen molar-refractivity contribution in [3.63, 3.8) is 0 Å². The van der Waals surface area contributed by atoms with Gasteiger partial charge in [-0.25, -0.2) is 13.1 Å². The zero-order valence-corrected chi connectivity index (χ0v) is 6.92. The van der Waals surface area contributed by atoms with Crippen molar-refractivity contribution in [2.24, 2.45) is 0 Å². The van der Waals surface area contributed by atoms with Crippen molar-refractivity contribution in [2.75, 3.05) is 13.1 Å². The van der Waals surface area contributed by atoms with Crippen LogP contribution in [0, 0.1) is 0 Å². The topological polar surface area (TPSA) is 3.24 Å². The van der Waals surface area contributed by atoms with Crippen molar-refractivity contribution in [3.05, 3.63) is 0 Å². The third kappa shape index (κ3) is 2.09. The number of nitrogens with zero attached hydrogens (tertiary/aromatic N) is 1. The highest BCUT2D eigenvalue weighted by molar-refractivity contribution is 7.97. The summed E-state index contributed by atoms with van der Waals surface area (Å²) in [5.74, 6) is -2.41. The fourth-order valence-electron chi connectivity index (χ4n) is 0.842. The van der Waals surface area contributed by atoms with Crippen LogP contribution in [0.1, 0.15) is 13.8 Å². The molecule has 0 saturated carbocycles. The minimum atomic E-state index is -2.41. The average molecular weight is 167 g/mol. The highest BCUT2D eigenvalue weighted by Gasteiger charge is 2.44. The van der Waals surface area contributed by atoms with Crippen LogP contribution in [-0.4, -0.2) is 28.6 Å². The molecule has 10 heavy (non-hydrogen) atoms. The van der Waals surface area contributed by atoms with Crippen LogP contribution in [0.2, 0.25) is 0 Å². The first-order chi connectivity index (χ1) is 4.49. The van der Waals surface area contributed by atoms with E-state index >= 15 is 0 Å². The molecule has 4 heteroatoms. The maximum absolute atomic E-state index is 12.2. The van der Waals surface area contributed by atoms with E-state index in [4.69, 9.17) is 0 Å². The maximum Gasteiger partial charge on any atom is 0.274 e. The van der Waals surface area contributed by atoms with Crippen molar-refractivity contribution in [1.29, 1.82) is 0 Å². The van der Waals surface area contributed by atoms with Crippen LogP contribution in [0.5, 0.6) is 0 Å². The molecule has 1 aliphatic rings. The van der Waals surface area contributed by atoms with E-state index in [1.807, 2.05) is 13.8 Å². The van der Waals surface area contributed by atoms with Crippen molar-refractivity contribution in [3.8, 4) is 0 Å². The van der Waals surface area contributed by atoms with E-state index in [1.54, 1.807) is 4.31 Å². The number of hydrogen-bond acceptors (Lipinski definition) is 2. The van der Waals surface area contributed by atoms with Crippen molar-refractivity contribution >= 4 is 11.9 Å². The highest BCUT2D eigenvalue weighted by atomic mass is 32.2. The van der Waals surface area contributed by atoms with Gasteiger partial charge in [-0.1, -0.05) is 25.8 Å². The van der Waals surface area contributed by atoms with Crippen LogP contribution < -0.4 is 0 Å². The van der Waals surface area contributed by atoms with Crippen molar-refractivity contribution in [1.82, 2.24) is 4.31 Å². The highest BCUT2D eigenvalue weighted by Crippen LogP contribution is 2.33. The number of halogens is 2. The Morgan fingerprint density at radius 2 is 1.90 bits per heavy atom. The molecule has 1 heterocycles. The zero-order valence-electron chi connectivity index (χ0n) is 6.10. The Balaban J connectivity index is 2.15. The zero-order chi connectivity index (χ0) is 7.78. The van der Waals surface area contributed by atoms with Gasteiger partial charge in [0.1, 0.15) is 0 Å². The molecule has 0 aromatic rings. The minimum Gasteiger partial charge on any atom is -0.238 e.